The van der Waals surface area contributed by atoms with Crippen molar-refractivity contribution in [2.75, 3.05) is 0 Å². The summed E-state index contributed by atoms with van der Waals surface area (Å²) >= 11 is 1.44. The maximum Gasteiger partial charge on any atom is 0.235 e. The average Bonchev–Trinajstić information content (AvgIpc) is 3.23. The zero-order valence-corrected chi connectivity index (χ0v) is 12.1. The van der Waals surface area contributed by atoms with E-state index in [2.05, 4.69) is 15.3 Å². The Morgan fingerprint density at radius 3 is 2.73 bits per heavy atom. The number of benzene rings is 1. The normalized spacial score (nSPS) is 11.6. The Morgan fingerprint density at radius 2 is 1.95 bits per heavy atom. The van der Waals surface area contributed by atoms with Crippen LogP contribution in [0.25, 0.3) is 27.7 Å². The van der Waals surface area contributed by atoms with Crippen molar-refractivity contribution in [1.29, 1.82) is 0 Å². The summed E-state index contributed by atoms with van der Waals surface area (Å²) in [4.78, 5) is 0.710. The maximum atomic E-state index is 9.35. The van der Waals surface area contributed by atoms with Crippen molar-refractivity contribution in [3.05, 3.63) is 54.2 Å². The fourth-order valence-electron chi connectivity index (χ4n) is 2.00. The Labute approximate surface area is 129 Å². The van der Waals surface area contributed by atoms with E-state index in [1.165, 1.54) is 11.3 Å². The molecule has 0 aliphatic rings. The van der Waals surface area contributed by atoms with Gasteiger partial charge in [0, 0.05) is 5.56 Å². The third-order valence-corrected chi connectivity index (χ3v) is 4.02. The first-order valence-corrected chi connectivity index (χ1v) is 7.34. The van der Waals surface area contributed by atoms with Crippen LogP contribution in [0.4, 0.5) is 0 Å². The number of aromatic nitrogens is 4. The van der Waals surface area contributed by atoms with Gasteiger partial charge in [0.25, 0.3) is 0 Å². The van der Waals surface area contributed by atoms with Gasteiger partial charge in [0.05, 0.1) is 6.26 Å². The highest BCUT2D eigenvalue weighted by Gasteiger charge is 2.11. The van der Waals surface area contributed by atoms with E-state index in [9.17, 15) is 5.11 Å². The van der Waals surface area contributed by atoms with E-state index >= 15 is 0 Å². The first-order chi connectivity index (χ1) is 10.8. The minimum Gasteiger partial charge on any atom is -0.508 e. The lowest BCUT2D eigenvalue weighted by Crippen LogP contribution is -1.89. The lowest BCUT2D eigenvalue weighted by Gasteiger charge is -1.95. The molecular weight excluding hydrogens is 300 g/mol. The molecule has 0 saturated heterocycles. The van der Waals surface area contributed by atoms with Crippen LogP contribution in [0.1, 0.15) is 11.6 Å². The van der Waals surface area contributed by atoms with Crippen LogP contribution < -0.4 is 0 Å². The number of aromatic hydroxyl groups is 1. The topological polar surface area (TPSA) is 76.5 Å². The van der Waals surface area contributed by atoms with E-state index in [0.717, 1.165) is 16.3 Å². The third kappa shape index (κ3) is 2.27. The van der Waals surface area contributed by atoms with Gasteiger partial charge in [-0.1, -0.05) is 11.3 Å². The number of furan rings is 1. The molecule has 0 unspecified atom stereocenters. The quantitative estimate of drug-likeness (QED) is 0.628. The minimum atomic E-state index is 0.230. The molecule has 3 aromatic heterocycles. The van der Waals surface area contributed by atoms with E-state index in [4.69, 9.17) is 4.42 Å². The highest BCUT2D eigenvalue weighted by atomic mass is 32.1. The Kier molecular flexibility index (Phi) is 2.97. The molecule has 0 amide bonds. The predicted octanol–water partition coefficient (Wildman–Crippen LogP) is 3.32. The van der Waals surface area contributed by atoms with Gasteiger partial charge < -0.3 is 9.52 Å². The number of rotatable bonds is 3. The summed E-state index contributed by atoms with van der Waals surface area (Å²) in [5.74, 6) is 1.60. The fraction of sp³-hybridized carbons (Fsp3) is 0. The third-order valence-electron chi connectivity index (χ3n) is 3.07. The molecule has 1 aromatic carbocycles. The Balaban J connectivity index is 1.71. The number of phenols is 1. The number of hydrogen-bond acceptors (Lipinski definition) is 6. The molecule has 0 aliphatic heterocycles. The molecule has 0 spiro atoms. The van der Waals surface area contributed by atoms with Crippen LogP contribution >= 0.6 is 11.3 Å². The van der Waals surface area contributed by atoms with Gasteiger partial charge in [-0.15, -0.1) is 10.2 Å². The zero-order chi connectivity index (χ0) is 14.9. The Morgan fingerprint density at radius 1 is 1.09 bits per heavy atom. The number of nitrogens with zero attached hydrogens (tertiary/aromatic N) is 4. The molecule has 0 atom stereocenters. The Bertz CT molecular complexity index is 936. The fourth-order valence-corrected chi connectivity index (χ4v) is 2.85. The van der Waals surface area contributed by atoms with Crippen molar-refractivity contribution in [2.45, 2.75) is 0 Å². The van der Waals surface area contributed by atoms with E-state index in [-0.39, 0.29) is 5.75 Å². The molecule has 0 aliphatic carbocycles. The summed E-state index contributed by atoms with van der Waals surface area (Å²) in [7, 11) is 0. The highest BCUT2D eigenvalue weighted by molar-refractivity contribution is 7.19. The first-order valence-electron chi connectivity index (χ1n) is 6.53. The molecule has 108 valence electrons. The van der Waals surface area contributed by atoms with Gasteiger partial charge in [0.15, 0.2) is 5.82 Å². The molecular formula is C15H10N4O2S. The SMILES string of the molecule is Oc1ccc(-c2nn3c(/C=C/c4ccco4)nnc3s2)cc1. The van der Waals surface area contributed by atoms with Gasteiger partial charge in [0.1, 0.15) is 16.5 Å². The van der Waals surface area contributed by atoms with Crippen molar-refractivity contribution in [2.24, 2.45) is 0 Å². The lowest BCUT2D eigenvalue weighted by atomic mass is 10.2. The smallest absolute Gasteiger partial charge is 0.235 e. The molecule has 0 fully saturated rings. The Hall–Kier alpha value is -2.93. The van der Waals surface area contributed by atoms with E-state index in [1.54, 1.807) is 29.0 Å². The van der Waals surface area contributed by atoms with Crippen LogP contribution in [0.5, 0.6) is 5.75 Å². The number of phenolic OH excluding ortho intramolecular Hbond substituents is 1. The maximum absolute atomic E-state index is 9.35. The second kappa shape index (κ2) is 5.12. The lowest BCUT2D eigenvalue weighted by molar-refractivity contribution is 0.475. The van der Waals surface area contributed by atoms with Gasteiger partial charge in [-0.2, -0.15) is 9.61 Å². The molecule has 3 heterocycles. The van der Waals surface area contributed by atoms with Crippen molar-refractivity contribution in [1.82, 2.24) is 19.8 Å². The van der Waals surface area contributed by atoms with Gasteiger partial charge in [0.2, 0.25) is 4.96 Å². The summed E-state index contributed by atoms with van der Waals surface area (Å²) in [6.07, 6.45) is 5.24. The highest BCUT2D eigenvalue weighted by Crippen LogP contribution is 2.27. The van der Waals surface area contributed by atoms with E-state index in [0.29, 0.717) is 10.8 Å². The van der Waals surface area contributed by atoms with Gasteiger partial charge >= 0.3 is 0 Å². The van der Waals surface area contributed by atoms with Crippen LogP contribution in [0.15, 0.2) is 47.1 Å². The van der Waals surface area contributed by atoms with Crippen LogP contribution in [-0.2, 0) is 0 Å². The summed E-state index contributed by atoms with van der Waals surface area (Å²) in [6.45, 7) is 0. The summed E-state index contributed by atoms with van der Waals surface area (Å²) in [6, 6.07) is 10.6. The zero-order valence-electron chi connectivity index (χ0n) is 11.2. The largest absolute Gasteiger partial charge is 0.508 e. The number of fused-ring (bicyclic) bond motifs is 1. The van der Waals surface area contributed by atoms with Crippen molar-refractivity contribution < 1.29 is 9.52 Å². The molecule has 4 aromatic rings. The second-order valence-electron chi connectivity index (χ2n) is 4.56. The molecule has 6 nitrogen and oxygen atoms in total. The van der Waals surface area contributed by atoms with Crippen LogP contribution in [-0.4, -0.2) is 24.9 Å². The van der Waals surface area contributed by atoms with E-state index < -0.39 is 0 Å². The molecule has 0 bridgehead atoms. The average molecular weight is 310 g/mol. The number of hydrogen-bond donors (Lipinski definition) is 1. The molecule has 7 heteroatoms. The molecule has 4 rings (SSSR count). The molecule has 0 radical (unpaired) electrons. The molecule has 0 saturated carbocycles. The summed E-state index contributed by atoms with van der Waals surface area (Å²) < 4.78 is 6.93. The van der Waals surface area contributed by atoms with Gasteiger partial charge in [-0.05, 0) is 48.6 Å². The van der Waals surface area contributed by atoms with Crippen LogP contribution in [0.2, 0.25) is 0 Å². The van der Waals surface area contributed by atoms with E-state index in [1.807, 2.05) is 30.3 Å². The first kappa shape index (κ1) is 12.8. The predicted molar refractivity (Wildman–Crippen MR) is 83.4 cm³/mol. The van der Waals surface area contributed by atoms with Gasteiger partial charge in [-0.3, -0.25) is 0 Å². The molecule has 1 N–H and O–H groups in total. The van der Waals surface area contributed by atoms with Crippen LogP contribution in [0, 0.1) is 0 Å². The second-order valence-corrected chi connectivity index (χ2v) is 5.51. The van der Waals surface area contributed by atoms with Crippen molar-refractivity contribution >= 4 is 28.4 Å². The van der Waals surface area contributed by atoms with Gasteiger partial charge in [-0.25, -0.2) is 0 Å². The van der Waals surface area contributed by atoms with Crippen molar-refractivity contribution in [3.63, 3.8) is 0 Å². The summed E-state index contributed by atoms with van der Waals surface area (Å²) in [5.41, 5.74) is 0.925. The standard InChI is InChI=1S/C15H10N4O2S/c20-11-5-3-10(4-6-11)14-18-19-13(16-17-15(19)22-14)8-7-12-2-1-9-21-12/h1-9,20H/b8-7+. The monoisotopic (exact) mass is 310 g/mol. The summed E-state index contributed by atoms with van der Waals surface area (Å²) in [5, 5.41) is 22.9. The molecule has 22 heavy (non-hydrogen) atoms. The van der Waals surface area contributed by atoms with Crippen molar-refractivity contribution in [3.8, 4) is 16.3 Å². The van der Waals surface area contributed by atoms with Crippen LogP contribution in [0.3, 0.4) is 0 Å². The minimum absolute atomic E-state index is 0.230.